The zero-order valence-electron chi connectivity index (χ0n) is 9.07. The number of nitrogens with one attached hydrogen (secondary N) is 1. The molecule has 1 aromatic rings. The Hall–Kier alpha value is -1.07. The number of aryl methyl sites for hydroxylation is 1. The van der Waals surface area contributed by atoms with Gasteiger partial charge in [-0.3, -0.25) is 4.68 Å². The average Bonchev–Trinajstić information content (AvgIpc) is 2.62. The van der Waals surface area contributed by atoms with Crippen LogP contribution in [0.4, 0.5) is 5.82 Å². The first-order valence-electron chi connectivity index (χ1n) is 5.28. The van der Waals surface area contributed by atoms with Gasteiger partial charge in [-0.05, 0) is 12.8 Å². The SMILES string of the molecule is Cn1nccc1NCC1(N)CCOCC1. The van der Waals surface area contributed by atoms with E-state index in [4.69, 9.17) is 10.5 Å². The van der Waals surface area contributed by atoms with Crippen LogP contribution in [0.5, 0.6) is 0 Å². The highest BCUT2D eigenvalue weighted by Gasteiger charge is 2.27. The fraction of sp³-hybridized carbons (Fsp3) is 0.700. The van der Waals surface area contributed by atoms with Crippen molar-refractivity contribution in [3.8, 4) is 0 Å². The second-order valence-electron chi connectivity index (χ2n) is 4.17. The van der Waals surface area contributed by atoms with Gasteiger partial charge < -0.3 is 15.8 Å². The summed E-state index contributed by atoms with van der Waals surface area (Å²) in [5.41, 5.74) is 6.12. The maximum atomic E-state index is 6.25. The highest BCUT2D eigenvalue weighted by molar-refractivity contribution is 5.34. The summed E-state index contributed by atoms with van der Waals surface area (Å²) in [7, 11) is 1.91. The monoisotopic (exact) mass is 210 g/mol. The number of hydrogen-bond acceptors (Lipinski definition) is 4. The van der Waals surface area contributed by atoms with Crippen molar-refractivity contribution in [2.75, 3.05) is 25.1 Å². The van der Waals surface area contributed by atoms with Crippen LogP contribution >= 0.6 is 0 Å². The lowest BCUT2D eigenvalue weighted by molar-refractivity contribution is 0.0574. The van der Waals surface area contributed by atoms with Crippen LogP contribution in [-0.2, 0) is 11.8 Å². The average molecular weight is 210 g/mol. The molecule has 0 saturated carbocycles. The second-order valence-corrected chi connectivity index (χ2v) is 4.17. The van der Waals surface area contributed by atoms with E-state index in [0.717, 1.165) is 38.4 Å². The molecule has 1 aliphatic heterocycles. The molecule has 0 radical (unpaired) electrons. The normalized spacial score (nSPS) is 20.1. The molecule has 0 bridgehead atoms. The van der Waals surface area contributed by atoms with E-state index in [1.54, 1.807) is 6.20 Å². The van der Waals surface area contributed by atoms with Gasteiger partial charge in [0.1, 0.15) is 5.82 Å². The first-order valence-corrected chi connectivity index (χ1v) is 5.28. The van der Waals surface area contributed by atoms with E-state index in [-0.39, 0.29) is 5.54 Å². The Labute approximate surface area is 89.6 Å². The summed E-state index contributed by atoms with van der Waals surface area (Å²) in [5, 5.41) is 7.41. The lowest BCUT2D eigenvalue weighted by atomic mass is 9.91. The van der Waals surface area contributed by atoms with E-state index < -0.39 is 0 Å². The van der Waals surface area contributed by atoms with E-state index in [1.807, 2.05) is 17.8 Å². The molecule has 0 aliphatic carbocycles. The molecule has 1 aromatic heterocycles. The van der Waals surface area contributed by atoms with E-state index in [9.17, 15) is 0 Å². The van der Waals surface area contributed by atoms with Crippen LogP contribution in [0.1, 0.15) is 12.8 Å². The molecule has 1 aliphatic rings. The quantitative estimate of drug-likeness (QED) is 0.755. The molecule has 5 heteroatoms. The number of ether oxygens (including phenoxy) is 1. The van der Waals surface area contributed by atoms with E-state index >= 15 is 0 Å². The van der Waals surface area contributed by atoms with Crippen molar-refractivity contribution in [2.24, 2.45) is 12.8 Å². The highest BCUT2D eigenvalue weighted by atomic mass is 16.5. The minimum absolute atomic E-state index is 0.136. The molecule has 2 heterocycles. The van der Waals surface area contributed by atoms with Gasteiger partial charge in [0, 0.05) is 38.4 Å². The van der Waals surface area contributed by atoms with Crippen molar-refractivity contribution in [3.63, 3.8) is 0 Å². The molecule has 15 heavy (non-hydrogen) atoms. The summed E-state index contributed by atoms with van der Waals surface area (Å²) < 4.78 is 7.11. The third-order valence-corrected chi connectivity index (χ3v) is 2.93. The minimum atomic E-state index is -0.136. The number of rotatable bonds is 3. The molecule has 1 saturated heterocycles. The van der Waals surface area contributed by atoms with Gasteiger partial charge in [-0.15, -0.1) is 0 Å². The van der Waals surface area contributed by atoms with Crippen LogP contribution in [0, 0.1) is 0 Å². The molecule has 0 spiro atoms. The first kappa shape index (κ1) is 10.4. The zero-order chi connectivity index (χ0) is 10.7. The van der Waals surface area contributed by atoms with Gasteiger partial charge in [0.15, 0.2) is 0 Å². The van der Waals surface area contributed by atoms with Gasteiger partial charge in [0.05, 0.1) is 6.20 Å². The number of nitrogens with two attached hydrogens (primary N) is 1. The van der Waals surface area contributed by atoms with Crippen molar-refractivity contribution in [1.29, 1.82) is 0 Å². The Morgan fingerprint density at radius 2 is 2.33 bits per heavy atom. The molecule has 0 atom stereocenters. The number of anilines is 1. The van der Waals surface area contributed by atoms with E-state index in [1.165, 1.54) is 0 Å². The van der Waals surface area contributed by atoms with Gasteiger partial charge in [-0.25, -0.2) is 0 Å². The molecule has 84 valence electrons. The third-order valence-electron chi connectivity index (χ3n) is 2.93. The first-order chi connectivity index (χ1) is 7.20. The molecule has 1 fully saturated rings. The lowest BCUT2D eigenvalue weighted by Gasteiger charge is -2.33. The van der Waals surface area contributed by atoms with Crippen molar-refractivity contribution >= 4 is 5.82 Å². The Morgan fingerprint density at radius 1 is 1.60 bits per heavy atom. The fourth-order valence-corrected chi connectivity index (χ4v) is 1.77. The summed E-state index contributed by atoms with van der Waals surface area (Å²) >= 11 is 0. The molecule has 0 aromatic carbocycles. The van der Waals surface area contributed by atoms with Gasteiger partial charge in [-0.1, -0.05) is 0 Å². The molecular weight excluding hydrogens is 192 g/mol. The summed E-state index contributed by atoms with van der Waals surface area (Å²) in [6, 6.07) is 1.95. The molecule has 5 nitrogen and oxygen atoms in total. The topological polar surface area (TPSA) is 65.1 Å². The largest absolute Gasteiger partial charge is 0.381 e. The van der Waals surface area contributed by atoms with Gasteiger partial charge in [0.25, 0.3) is 0 Å². The van der Waals surface area contributed by atoms with Crippen LogP contribution in [-0.4, -0.2) is 35.1 Å². The molecule has 2 rings (SSSR count). The second kappa shape index (κ2) is 4.20. The van der Waals surface area contributed by atoms with Crippen molar-refractivity contribution < 1.29 is 4.74 Å². The molecule has 0 unspecified atom stereocenters. The van der Waals surface area contributed by atoms with Crippen molar-refractivity contribution in [1.82, 2.24) is 9.78 Å². The van der Waals surface area contributed by atoms with Gasteiger partial charge in [0.2, 0.25) is 0 Å². The summed E-state index contributed by atoms with van der Waals surface area (Å²) in [6.45, 7) is 2.31. The van der Waals surface area contributed by atoms with Crippen LogP contribution < -0.4 is 11.1 Å². The smallest absolute Gasteiger partial charge is 0.123 e. The van der Waals surface area contributed by atoms with E-state index in [0.29, 0.717) is 0 Å². The van der Waals surface area contributed by atoms with E-state index in [2.05, 4.69) is 10.4 Å². The van der Waals surface area contributed by atoms with Crippen LogP contribution in [0.3, 0.4) is 0 Å². The van der Waals surface area contributed by atoms with Crippen molar-refractivity contribution in [2.45, 2.75) is 18.4 Å². The van der Waals surface area contributed by atoms with Gasteiger partial charge >= 0.3 is 0 Å². The maximum absolute atomic E-state index is 6.25. The molecule has 0 amide bonds. The standard InChI is InChI=1S/C10H18N4O/c1-14-9(2-5-13-14)12-8-10(11)3-6-15-7-4-10/h2,5,12H,3-4,6-8,11H2,1H3. The van der Waals surface area contributed by atoms with Gasteiger partial charge in [-0.2, -0.15) is 5.10 Å². The van der Waals surface area contributed by atoms with Crippen molar-refractivity contribution in [3.05, 3.63) is 12.3 Å². The summed E-state index contributed by atoms with van der Waals surface area (Å²) in [5.74, 6) is 1.01. The maximum Gasteiger partial charge on any atom is 0.123 e. The number of aromatic nitrogens is 2. The minimum Gasteiger partial charge on any atom is -0.381 e. The zero-order valence-corrected chi connectivity index (χ0v) is 9.07. The predicted octanol–water partition coefficient (Wildman–Crippen LogP) is 0.340. The Bertz CT molecular complexity index is 317. The van der Waals surface area contributed by atoms with Crippen LogP contribution in [0.25, 0.3) is 0 Å². The van der Waals surface area contributed by atoms with Crippen LogP contribution in [0.15, 0.2) is 12.3 Å². The lowest BCUT2D eigenvalue weighted by Crippen LogP contribution is -2.50. The molecular formula is C10H18N4O. The number of nitrogens with zero attached hydrogens (tertiary/aromatic N) is 2. The Kier molecular flexibility index (Phi) is 2.93. The summed E-state index contributed by atoms with van der Waals surface area (Å²) in [6.07, 6.45) is 3.60. The fourth-order valence-electron chi connectivity index (χ4n) is 1.77. The Morgan fingerprint density at radius 3 is 2.93 bits per heavy atom. The summed E-state index contributed by atoms with van der Waals surface area (Å²) in [4.78, 5) is 0. The van der Waals surface area contributed by atoms with Crippen LogP contribution in [0.2, 0.25) is 0 Å². The predicted molar refractivity (Wildman–Crippen MR) is 58.7 cm³/mol. The third kappa shape index (κ3) is 2.49. The molecule has 3 N–H and O–H groups in total. The Balaban J connectivity index is 1.89. The number of hydrogen-bond donors (Lipinski definition) is 2. The highest BCUT2D eigenvalue weighted by Crippen LogP contribution is 2.18.